The van der Waals surface area contributed by atoms with Gasteiger partial charge in [0.05, 0.1) is 30.0 Å². The Kier molecular flexibility index (Phi) is 5.99. The molecular weight excluding hydrogens is 425 g/mol. The molecule has 2 atom stereocenters. The van der Waals surface area contributed by atoms with Gasteiger partial charge in [0, 0.05) is 31.9 Å². The molecule has 0 N–H and O–H groups in total. The van der Waals surface area contributed by atoms with Crippen LogP contribution in [0.3, 0.4) is 0 Å². The van der Waals surface area contributed by atoms with Crippen LogP contribution in [0.2, 0.25) is 0 Å². The molecule has 0 spiro atoms. The summed E-state index contributed by atoms with van der Waals surface area (Å²) in [4.78, 5) is 15.8. The molecule has 0 unspecified atom stereocenters. The number of anilines is 1. The van der Waals surface area contributed by atoms with Gasteiger partial charge < -0.3 is 14.5 Å². The number of piperazine rings is 1. The number of alkyl halides is 3. The molecule has 2 fully saturated rings. The number of nitrogens with zero attached hydrogens (tertiary/aromatic N) is 4. The Morgan fingerprint density at radius 3 is 2.40 bits per heavy atom. The van der Waals surface area contributed by atoms with Crippen LogP contribution in [0, 0.1) is 11.3 Å². The van der Waals surface area contributed by atoms with Crippen molar-refractivity contribution >= 4 is 21.6 Å². The molecule has 8 nitrogen and oxygen atoms in total. The number of hydrogen-bond donors (Lipinski definition) is 0. The highest BCUT2D eigenvalue weighted by molar-refractivity contribution is 7.88. The first kappa shape index (κ1) is 22.3. The van der Waals surface area contributed by atoms with E-state index in [-0.39, 0.29) is 44.3 Å². The van der Waals surface area contributed by atoms with Crippen LogP contribution in [0.4, 0.5) is 18.9 Å². The predicted molar refractivity (Wildman–Crippen MR) is 101 cm³/mol. The van der Waals surface area contributed by atoms with E-state index in [1.54, 1.807) is 6.92 Å². The molecule has 12 heteroatoms. The predicted octanol–water partition coefficient (Wildman–Crippen LogP) is 1.23. The van der Waals surface area contributed by atoms with Crippen LogP contribution in [0.15, 0.2) is 18.2 Å². The molecule has 0 aromatic heterocycles. The van der Waals surface area contributed by atoms with E-state index in [4.69, 9.17) is 10.00 Å². The van der Waals surface area contributed by atoms with Gasteiger partial charge in [0.1, 0.15) is 6.23 Å². The van der Waals surface area contributed by atoms with Crippen molar-refractivity contribution in [1.29, 1.82) is 5.26 Å². The maximum atomic E-state index is 13.3. The lowest BCUT2D eigenvalue weighted by molar-refractivity contribution is -0.143. The second kappa shape index (κ2) is 8.05. The molecule has 1 amide bonds. The third kappa shape index (κ3) is 4.53. The molecule has 2 saturated heterocycles. The van der Waals surface area contributed by atoms with Gasteiger partial charge >= 0.3 is 6.18 Å². The van der Waals surface area contributed by atoms with Crippen LogP contribution in [-0.4, -0.2) is 74.8 Å². The summed E-state index contributed by atoms with van der Waals surface area (Å²) < 4.78 is 69.9. The summed E-state index contributed by atoms with van der Waals surface area (Å²) in [6, 6.07) is 4.92. The molecule has 164 valence electrons. The fourth-order valence-electron chi connectivity index (χ4n) is 3.62. The highest BCUT2D eigenvalue weighted by Crippen LogP contribution is 2.36. The number of sulfonamides is 1. The van der Waals surface area contributed by atoms with Gasteiger partial charge in [-0.25, -0.2) is 8.42 Å². The fourth-order valence-corrected chi connectivity index (χ4v) is 4.45. The Labute approximate surface area is 172 Å². The van der Waals surface area contributed by atoms with Crippen molar-refractivity contribution in [3.05, 3.63) is 29.3 Å². The van der Waals surface area contributed by atoms with E-state index in [0.717, 1.165) is 18.4 Å². The van der Waals surface area contributed by atoms with E-state index in [9.17, 15) is 26.4 Å². The minimum Gasteiger partial charge on any atom is -0.344 e. The summed E-state index contributed by atoms with van der Waals surface area (Å²) in [5.41, 5.74) is -1.32. The summed E-state index contributed by atoms with van der Waals surface area (Å²) >= 11 is 0. The smallest absolute Gasteiger partial charge is 0.344 e. The number of carbonyl (C=O) groups excluding carboxylic acids is 1. The molecule has 0 aliphatic carbocycles. The second-order valence-corrected chi connectivity index (χ2v) is 9.19. The van der Waals surface area contributed by atoms with Crippen molar-refractivity contribution in [3.8, 4) is 6.07 Å². The Balaban J connectivity index is 1.72. The number of hydrogen-bond acceptors (Lipinski definition) is 6. The van der Waals surface area contributed by atoms with Crippen molar-refractivity contribution in [2.45, 2.75) is 25.4 Å². The Morgan fingerprint density at radius 1 is 1.23 bits per heavy atom. The molecular formula is C18H21F3N4O4S. The van der Waals surface area contributed by atoms with Gasteiger partial charge in [0.2, 0.25) is 10.0 Å². The minimum atomic E-state index is -4.68. The third-order valence-electron chi connectivity index (χ3n) is 5.22. The fraction of sp³-hybridized carbons (Fsp3) is 0.556. The zero-order chi connectivity index (χ0) is 22.3. The molecule has 2 aliphatic rings. The number of rotatable bonds is 3. The zero-order valence-corrected chi connectivity index (χ0v) is 17.2. The first-order chi connectivity index (χ1) is 13.9. The van der Waals surface area contributed by atoms with E-state index in [0.29, 0.717) is 0 Å². The van der Waals surface area contributed by atoms with Crippen molar-refractivity contribution < 1.29 is 31.1 Å². The quantitative estimate of drug-likeness (QED) is 0.694. The third-order valence-corrected chi connectivity index (χ3v) is 6.52. The number of benzene rings is 1. The average molecular weight is 446 g/mol. The number of nitriles is 1. The van der Waals surface area contributed by atoms with Gasteiger partial charge in [0.15, 0.2) is 6.10 Å². The first-order valence-electron chi connectivity index (χ1n) is 9.19. The van der Waals surface area contributed by atoms with E-state index >= 15 is 0 Å². The second-order valence-electron chi connectivity index (χ2n) is 7.20. The molecule has 2 aliphatic heterocycles. The molecule has 30 heavy (non-hydrogen) atoms. The molecule has 1 aromatic rings. The van der Waals surface area contributed by atoms with E-state index in [1.165, 1.54) is 26.2 Å². The molecule has 0 saturated carbocycles. The van der Waals surface area contributed by atoms with Crippen LogP contribution in [0.25, 0.3) is 0 Å². The molecule has 2 heterocycles. The van der Waals surface area contributed by atoms with Crippen molar-refractivity contribution in [3.63, 3.8) is 0 Å². The number of carbonyl (C=O) groups is 1. The minimum absolute atomic E-state index is 0.0511. The standard InChI is InChI=1S/C18H21F3N4O4S/c1-12-25(14-4-3-13(10-22)15(9-14)18(19,20)21)11-16(29-12)17(26)23-5-7-24(8-6-23)30(2,27)28/h3-4,9,12,16H,5-8,11H2,1-2H3/t12-,16+/m1/s1. The molecule has 0 bridgehead atoms. The SMILES string of the molecule is C[C@H]1O[C@H](C(=O)N2CCN(S(C)(=O)=O)CC2)CN1c1ccc(C#N)c(C(F)(F)F)c1. The van der Waals surface area contributed by atoms with E-state index in [1.807, 2.05) is 0 Å². The van der Waals surface area contributed by atoms with Crippen LogP contribution < -0.4 is 4.90 Å². The average Bonchev–Trinajstić information content (AvgIpc) is 3.07. The monoisotopic (exact) mass is 446 g/mol. The maximum absolute atomic E-state index is 13.3. The number of halogens is 3. The van der Waals surface area contributed by atoms with E-state index in [2.05, 4.69) is 0 Å². The zero-order valence-electron chi connectivity index (χ0n) is 16.4. The molecule has 1 aromatic carbocycles. The Morgan fingerprint density at radius 2 is 1.87 bits per heavy atom. The van der Waals surface area contributed by atoms with Crippen molar-refractivity contribution in [2.75, 3.05) is 43.9 Å². The first-order valence-corrected chi connectivity index (χ1v) is 11.0. The number of ether oxygens (including phenoxy) is 1. The molecule has 3 rings (SSSR count). The largest absolute Gasteiger partial charge is 0.417 e. The maximum Gasteiger partial charge on any atom is 0.417 e. The van der Waals surface area contributed by atoms with Gasteiger partial charge in [-0.3, -0.25) is 4.79 Å². The Bertz CT molecular complexity index is 969. The van der Waals surface area contributed by atoms with Crippen molar-refractivity contribution in [1.82, 2.24) is 9.21 Å². The van der Waals surface area contributed by atoms with Crippen molar-refractivity contribution in [2.24, 2.45) is 0 Å². The summed E-state index contributed by atoms with van der Waals surface area (Å²) in [5, 5.41) is 8.94. The lowest BCUT2D eigenvalue weighted by atomic mass is 10.1. The van der Waals surface area contributed by atoms with Crippen LogP contribution in [0.5, 0.6) is 0 Å². The van der Waals surface area contributed by atoms with E-state index < -0.39 is 39.7 Å². The van der Waals surface area contributed by atoms with Gasteiger partial charge in [-0.1, -0.05) is 0 Å². The highest BCUT2D eigenvalue weighted by atomic mass is 32.2. The van der Waals surface area contributed by atoms with Gasteiger partial charge in [-0.05, 0) is 25.1 Å². The van der Waals surface area contributed by atoms with Gasteiger partial charge in [-0.2, -0.15) is 22.7 Å². The Hall–Kier alpha value is -2.36. The summed E-state index contributed by atoms with van der Waals surface area (Å²) in [6.07, 6.45) is -5.10. The lowest BCUT2D eigenvalue weighted by Crippen LogP contribution is -2.53. The summed E-state index contributed by atoms with van der Waals surface area (Å²) in [7, 11) is -3.33. The summed E-state index contributed by atoms with van der Waals surface area (Å²) in [5.74, 6) is -0.331. The van der Waals surface area contributed by atoms with Crippen LogP contribution in [0.1, 0.15) is 18.1 Å². The lowest BCUT2D eigenvalue weighted by Gasteiger charge is -2.34. The highest BCUT2D eigenvalue weighted by Gasteiger charge is 2.40. The summed E-state index contributed by atoms with van der Waals surface area (Å²) in [6.45, 7) is 2.47. The normalized spacial score (nSPS) is 23.5. The van der Waals surface area contributed by atoms with Gasteiger partial charge in [-0.15, -0.1) is 0 Å². The topological polar surface area (TPSA) is 93.9 Å². The van der Waals surface area contributed by atoms with Crippen LogP contribution >= 0.6 is 0 Å². The van der Waals surface area contributed by atoms with Crippen LogP contribution in [-0.2, 0) is 25.7 Å². The molecule has 0 radical (unpaired) electrons. The van der Waals surface area contributed by atoms with Gasteiger partial charge in [0.25, 0.3) is 5.91 Å². The number of amides is 1.